The first-order valence-electron chi connectivity index (χ1n) is 12.9. The van der Waals surface area contributed by atoms with Gasteiger partial charge in [-0.15, -0.1) is 0 Å². The highest BCUT2D eigenvalue weighted by Crippen LogP contribution is 2.42. The summed E-state index contributed by atoms with van der Waals surface area (Å²) in [6, 6.07) is 7.53. The van der Waals surface area contributed by atoms with Gasteiger partial charge in [0.25, 0.3) is 0 Å². The fourth-order valence-electron chi connectivity index (χ4n) is 5.10. The van der Waals surface area contributed by atoms with Crippen molar-refractivity contribution in [2.75, 3.05) is 17.6 Å². The number of hydrogen-bond donors (Lipinski definition) is 3. The molecule has 0 bridgehead atoms. The van der Waals surface area contributed by atoms with Crippen LogP contribution in [0.3, 0.4) is 0 Å². The Kier molecular flexibility index (Phi) is 6.61. The second-order valence-electron chi connectivity index (χ2n) is 9.89. The molecule has 14 heteroatoms. The summed E-state index contributed by atoms with van der Waals surface area (Å²) < 4.78 is 51.0. The van der Waals surface area contributed by atoms with Crippen LogP contribution in [0, 0.1) is 0 Å². The first kappa shape index (κ1) is 27.0. The number of pyridine rings is 1. The van der Waals surface area contributed by atoms with E-state index in [9.17, 15) is 23.1 Å². The van der Waals surface area contributed by atoms with Gasteiger partial charge in [-0.25, -0.2) is 14.8 Å². The Morgan fingerprint density at radius 1 is 1.29 bits per heavy atom. The summed E-state index contributed by atoms with van der Waals surface area (Å²) in [5, 5.41) is 19.7. The Morgan fingerprint density at radius 3 is 2.80 bits per heavy atom. The Balaban J connectivity index is 1.27. The van der Waals surface area contributed by atoms with Crippen molar-refractivity contribution in [3.05, 3.63) is 42.9 Å². The van der Waals surface area contributed by atoms with E-state index < -0.39 is 17.9 Å². The van der Waals surface area contributed by atoms with Crippen LogP contribution in [0.15, 0.2) is 47.3 Å². The highest BCUT2D eigenvalue weighted by molar-refractivity contribution is 7.22. The van der Waals surface area contributed by atoms with E-state index in [0.29, 0.717) is 11.3 Å². The molecule has 1 aromatic carbocycles. The van der Waals surface area contributed by atoms with Crippen LogP contribution >= 0.6 is 11.3 Å². The summed E-state index contributed by atoms with van der Waals surface area (Å²) in [5.41, 5.74) is 9.83. The Hall–Kier alpha value is -4.17. The lowest BCUT2D eigenvalue weighted by atomic mass is 9.90. The maximum Gasteiger partial charge on any atom is 0.491 e. The fraction of sp³-hybridized carbons (Fsp3) is 0.333. The summed E-state index contributed by atoms with van der Waals surface area (Å²) in [6.45, 7) is 2.77. The van der Waals surface area contributed by atoms with Crippen molar-refractivity contribution in [2.45, 2.75) is 50.6 Å². The molecule has 5 aromatic rings. The third kappa shape index (κ3) is 5.08. The minimum Gasteiger partial charge on any atom is -0.452 e. The Bertz CT molecular complexity index is 1750. The molecule has 1 fully saturated rings. The zero-order valence-electron chi connectivity index (χ0n) is 21.7. The quantitative estimate of drug-likeness (QED) is 0.164. The minimum atomic E-state index is -5.17. The number of esters is 1. The number of fused-ring (bicyclic) bond motifs is 2. The smallest absolute Gasteiger partial charge is 0.452 e. The maximum atomic E-state index is 12.6. The van der Waals surface area contributed by atoms with E-state index in [4.69, 9.17) is 10.2 Å². The van der Waals surface area contributed by atoms with Gasteiger partial charge in [0.15, 0.2) is 16.5 Å². The van der Waals surface area contributed by atoms with Crippen LogP contribution in [0.5, 0.6) is 0 Å². The second kappa shape index (κ2) is 10.0. The number of aliphatic hydroxyl groups is 1. The summed E-state index contributed by atoms with van der Waals surface area (Å²) in [5.74, 6) is -3.70. The summed E-state index contributed by atoms with van der Waals surface area (Å²) in [6.07, 6.45) is 0.184. The van der Waals surface area contributed by atoms with E-state index in [0.717, 1.165) is 44.0 Å². The highest BCUT2D eigenvalue weighted by atomic mass is 32.1. The molecule has 10 nitrogen and oxygen atoms in total. The van der Waals surface area contributed by atoms with Crippen LogP contribution in [-0.2, 0) is 9.53 Å². The molecule has 0 atom stereocenters. The van der Waals surface area contributed by atoms with E-state index in [1.54, 1.807) is 17.1 Å². The molecule has 6 rings (SSSR count). The van der Waals surface area contributed by atoms with Gasteiger partial charge in [0, 0.05) is 53.9 Å². The number of hydrogen-bond acceptors (Lipinski definition) is 10. The molecule has 0 amide bonds. The van der Waals surface area contributed by atoms with Gasteiger partial charge in [-0.2, -0.15) is 18.3 Å². The van der Waals surface area contributed by atoms with Crippen molar-refractivity contribution < 1.29 is 32.2 Å². The molecule has 0 radical (unpaired) electrons. The molecular weight excluding hydrogens is 561 g/mol. The molecule has 0 saturated heterocycles. The van der Waals surface area contributed by atoms with E-state index in [1.165, 1.54) is 11.3 Å². The topological polar surface area (TPSA) is 141 Å². The normalized spacial score (nSPS) is 19.6. The van der Waals surface area contributed by atoms with Crippen LogP contribution < -0.4 is 11.1 Å². The lowest BCUT2D eigenvalue weighted by Gasteiger charge is -2.35. The van der Waals surface area contributed by atoms with Crippen LogP contribution in [-0.4, -0.2) is 49.3 Å². The molecule has 4 N–H and O–H groups in total. The van der Waals surface area contributed by atoms with Crippen molar-refractivity contribution in [2.24, 2.45) is 0 Å². The molecule has 0 spiro atoms. The predicted octanol–water partition coefficient (Wildman–Crippen LogP) is 5.89. The second-order valence-corrected chi connectivity index (χ2v) is 10.9. The lowest BCUT2D eigenvalue weighted by Crippen LogP contribution is -2.42. The van der Waals surface area contributed by atoms with Crippen LogP contribution in [0.2, 0.25) is 0 Å². The number of furan rings is 1. The SMILES string of the molecule is CCNc1nc2cccc(-c3cc4c(-c5cnn(C6CCC(O)(OC(=O)C(F)(F)F)CC6)c5)cnc(N)c4o3)c2s1. The van der Waals surface area contributed by atoms with Crippen LogP contribution in [0.1, 0.15) is 38.6 Å². The molecular formula is C27H25F3N6O4S. The number of benzene rings is 1. The van der Waals surface area contributed by atoms with Gasteiger partial charge in [-0.05, 0) is 38.0 Å². The molecule has 1 aliphatic rings. The Morgan fingerprint density at radius 2 is 2.07 bits per heavy atom. The zero-order chi connectivity index (χ0) is 28.9. The average molecular weight is 587 g/mol. The van der Waals surface area contributed by atoms with Gasteiger partial charge < -0.3 is 25.3 Å². The Labute approximate surface area is 234 Å². The number of halogens is 3. The van der Waals surface area contributed by atoms with Crippen molar-refractivity contribution in [3.63, 3.8) is 0 Å². The van der Waals surface area contributed by atoms with Gasteiger partial charge in [-0.1, -0.05) is 17.4 Å². The van der Waals surface area contributed by atoms with Crippen molar-refractivity contribution >= 4 is 49.4 Å². The molecule has 4 aromatic heterocycles. The number of aromatic nitrogens is 4. The predicted molar refractivity (Wildman–Crippen MR) is 147 cm³/mol. The van der Waals surface area contributed by atoms with Gasteiger partial charge in [-0.3, -0.25) is 4.68 Å². The number of nitrogen functional groups attached to an aromatic ring is 1. The van der Waals surface area contributed by atoms with Gasteiger partial charge in [0.1, 0.15) is 5.76 Å². The number of nitrogens with two attached hydrogens (primary N) is 1. The van der Waals surface area contributed by atoms with Crippen molar-refractivity contribution in [1.82, 2.24) is 19.7 Å². The average Bonchev–Trinajstić information content (AvgIpc) is 3.67. The molecule has 4 heterocycles. The van der Waals surface area contributed by atoms with E-state index in [2.05, 4.69) is 25.1 Å². The molecule has 41 heavy (non-hydrogen) atoms. The number of carbonyl (C=O) groups is 1. The number of alkyl halides is 3. The number of nitrogens with one attached hydrogen (secondary N) is 1. The number of thiazole rings is 1. The van der Waals surface area contributed by atoms with Crippen molar-refractivity contribution in [1.29, 1.82) is 0 Å². The van der Waals surface area contributed by atoms with E-state index >= 15 is 0 Å². The minimum absolute atomic E-state index is 0.147. The molecule has 0 unspecified atom stereocenters. The molecule has 1 aliphatic carbocycles. The van der Waals surface area contributed by atoms with Gasteiger partial charge >= 0.3 is 12.1 Å². The summed E-state index contributed by atoms with van der Waals surface area (Å²) >= 11 is 1.54. The number of nitrogens with zero attached hydrogens (tertiary/aromatic N) is 4. The zero-order valence-corrected chi connectivity index (χ0v) is 22.6. The highest BCUT2D eigenvalue weighted by Gasteiger charge is 2.47. The number of carbonyl (C=O) groups excluding carboxylic acids is 1. The summed E-state index contributed by atoms with van der Waals surface area (Å²) in [4.78, 5) is 20.2. The van der Waals surface area contributed by atoms with Crippen LogP contribution in [0.25, 0.3) is 43.6 Å². The van der Waals surface area contributed by atoms with E-state index in [-0.39, 0.29) is 37.5 Å². The standard InChI is InChI=1S/C27H25F3N6O4S/c1-2-32-25-35-19-5-3-4-16(22(19)41-25)20-10-17-18(12-33-23(31)21(17)39-20)14-11-34-36(13-14)15-6-8-26(38,9-7-15)40-24(37)27(28,29)30/h3-5,10-13,15,38H,2,6-9H2,1H3,(H2,31,33)(H,32,35). The molecule has 1 saturated carbocycles. The monoisotopic (exact) mass is 586 g/mol. The van der Waals surface area contributed by atoms with E-state index in [1.807, 2.05) is 37.4 Å². The van der Waals surface area contributed by atoms with Gasteiger partial charge in [0.05, 0.1) is 22.5 Å². The lowest BCUT2D eigenvalue weighted by molar-refractivity contribution is -0.256. The molecule has 0 aliphatic heterocycles. The third-order valence-corrected chi connectivity index (χ3v) is 8.20. The van der Waals surface area contributed by atoms with Gasteiger partial charge in [0.2, 0.25) is 5.79 Å². The van der Waals surface area contributed by atoms with Crippen molar-refractivity contribution in [3.8, 4) is 22.5 Å². The molecule has 214 valence electrons. The fourth-order valence-corrected chi connectivity index (χ4v) is 6.15. The largest absolute Gasteiger partial charge is 0.491 e. The first-order valence-corrected chi connectivity index (χ1v) is 13.7. The first-order chi connectivity index (χ1) is 19.5. The third-order valence-electron chi connectivity index (χ3n) is 7.13. The van der Waals surface area contributed by atoms with Crippen LogP contribution in [0.4, 0.5) is 24.1 Å². The maximum absolute atomic E-state index is 12.6. The number of rotatable bonds is 6. The summed E-state index contributed by atoms with van der Waals surface area (Å²) in [7, 11) is 0. The number of anilines is 2. The number of ether oxygens (including phenoxy) is 1.